The quantitative estimate of drug-likeness (QED) is 0.285. The number of phenols is 1. The van der Waals surface area contributed by atoms with Crippen LogP contribution in [-0.2, 0) is 20.8 Å². The van der Waals surface area contributed by atoms with Crippen molar-refractivity contribution in [3.8, 4) is 5.75 Å². The first-order chi connectivity index (χ1) is 17.0. The van der Waals surface area contributed by atoms with Gasteiger partial charge in [-0.3, -0.25) is 19.3 Å². The average Bonchev–Trinajstić information content (AvgIpc) is 2.81. The van der Waals surface area contributed by atoms with Gasteiger partial charge in [-0.25, -0.2) is 0 Å². The van der Waals surface area contributed by atoms with Gasteiger partial charge in [0.05, 0.1) is 17.3 Å². The van der Waals surface area contributed by atoms with Crippen molar-refractivity contribution >= 4 is 28.9 Å². The maximum Gasteiger partial charge on any atom is 0.255 e. The predicted molar refractivity (Wildman–Crippen MR) is 130 cm³/mol. The Kier molecular flexibility index (Phi) is 7.32. The number of hydrogen-bond donors (Lipinski definition) is 5. The second kappa shape index (κ2) is 9.77. The zero-order valence-corrected chi connectivity index (χ0v) is 25.0. The van der Waals surface area contributed by atoms with Crippen molar-refractivity contribution in [2.45, 2.75) is 43.7 Å². The average molecular weight is 736 g/mol. The fraction of sp³-hybridized carbons (Fsp3) is 0.500. The van der Waals surface area contributed by atoms with E-state index in [9.17, 15) is 34.8 Å². The Bertz CT molecular complexity index is 1250. The Hall–Kier alpha value is -2.32. The number of rotatable bonds is 3. The first-order valence-corrected chi connectivity index (χ1v) is 12.2. The van der Waals surface area contributed by atoms with Crippen LogP contribution in [0, 0.1) is 42.9 Å². The zero-order valence-electron chi connectivity index (χ0n) is 20.8. The fourth-order valence-corrected chi connectivity index (χ4v) is 6.60. The van der Waals surface area contributed by atoms with Crippen LogP contribution in [0.25, 0.3) is 5.76 Å². The van der Waals surface area contributed by atoms with Crippen molar-refractivity contribution in [2.75, 3.05) is 32.1 Å². The molecular weight excluding hydrogens is 704 g/mol. The van der Waals surface area contributed by atoms with Crippen molar-refractivity contribution in [3.63, 3.8) is 0 Å². The Morgan fingerprint density at radius 1 is 1.11 bits per heavy atom. The molecule has 1 aromatic carbocycles. The largest absolute Gasteiger partial charge is 0.508 e. The van der Waals surface area contributed by atoms with Crippen LogP contribution < -0.4 is 10.6 Å². The van der Waals surface area contributed by atoms with Gasteiger partial charge in [-0.2, -0.15) is 0 Å². The summed E-state index contributed by atoms with van der Waals surface area (Å²) in [6.07, 6.45) is 3.45. The van der Waals surface area contributed by atoms with Gasteiger partial charge in [0.15, 0.2) is 11.4 Å². The van der Waals surface area contributed by atoms with Crippen LogP contribution in [0.4, 0.5) is 5.69 Å². The minimum absolute atomic E-state index is 0. The van der Waals surface area contributed by atoms with E-state index in [1.165, 1.54) is 4.90 Å². The Morgan fingerprint density at radius 3 is 2.35 bits per heavy atom. The minimum Gasteiger partial charge on any atom is -0.508 e. The van der Waals surface area contributed by atoms with E-state index in [0.717, 1.165) is 32.4 Å². The summed E-state index contributed by atoms with van der Waals surface area (Å²) in [6, 6.07) is 2.56. The molecule has 0 bridgehead atoms. The second-order valence-corrected chi connectivity index (χ2v) is 10.5. The van der Waals surface area contributed by atoms with E-state index < -0.39 is 58.0 Å². The summed E-state index contributed by atoms with van der Waals surface area (Å²) >= 11 is 0. The molecule has 0 spiro atoms. The number of nitrogens with two attached hydrogens (primary N) is 1. The van der Waals surface area contributed by atoms with Crippen molar-refractivity contribution in [1.82, 2.24) is 4.90 Å². The molecule has 3 aliphatic carbocycles. The van der Waals surface area contributed by atoms with Crippen LogP contribution in [0.1, 0.15) is 36.8 Å². The van der Waals surface area contributed by atoms with Crippen LogP contribution in [0.5, 0.6) is 5.75 Å². The number of ketones is 2. The molecule has 1 amide bonds. The molecule has 4 aliphatic rings. The minimum atomic E-state index is -2.62. The first kappa shape index (κ1) is 27.7. The van der Waals surface area contributed by atoms with Gasteiger partial charge < -0.3 is 31.1 Å². The third-order valence-electron chi connectivity index (χ3n) is 8.27. The normalized spacial score (nSPS) is 29.5. The van der Waals surface area contributed by atoms with E-state index in [1.807, 2.05) is 17.0 Å². The van der Waals surface area contributed by atoms with Crippen LogP contribution in [0.15, 0.2) is 29.0 Å². The molecule has 2 fully saturated rings. The molecule has 5 rings (SSSR count). The molecule has 1 heterocycles. The number of aliphatic hydroxyl groups excluding tert-OH is 2. The number of fused-ring (bicyclic) bond motifs is 3. The van der Waals surface area contributed by atoms with Gasteiger partial charge in [0.1, 0.15) is 22.8 Å². The number of amides is 1. The van der Waals surface area contributed by atoms with Gasteiger partial charge in [-0.15, -0.1) is 0 Å². The maximum absolute atomic E-state index is 13.9. The summed E-state index contributed by atoms with van der Waals surface area (Å²) in [4.78, 5) is 42.5. The summed E-state index contributed by atoms with van der Waals surface area (Å²) in [7, 11) is 3.15. The van der Waals surface area contributed by atoms with Gasteiger partial charge in [0.2, 0.25) is 5.78 Å². The topological polar surface area (TPSA) is 165 Å². The van der Waals surface area contributed by atoms with Crippen LogP contribution >= 0.6 is 0 Å². The number of likely N-dealkylation sites (N-methyl/N-ethyl adjacent to an activating group) is 1. The molecule has 4 atom stereocenters. The Balaban J connectivity index is 0.00000320. The number of nitrogens with zero attached hydrogens (tertiary/aromatic N) is 2. The number of benzene rings is 1. The molecule has 1 aromatic rings. The van der Waals surface area contributed by atoms with E-state index in [1.54, 1.807) is 14.1 Å². The number of aliphatic hydroxyl groups is 3. The molecule has 1 saturated heterocycles. The molecule has 1 aliphatic heterocycles. The van der Waals surface area contributed by atoms with Gasteiger partial charge in [-0.05, 0) is 63.7 Å². The maximum atomic E-state index is 13.9. The summed E-state index contributed by atoms with van der Waals surface area (Å²) in [5.74, 6) is -6.31. The Morgan fingerprint density at radius 2 is 1.76 bits per heavy atom. The molecule has 0 aromatic heterocycles. The number of anilines is 1. The summed E-state index contributed by atoms with van der Waals surface area (Å²) in [6.45, 7) is 1.53. The fourth-order valence-electron chi connectivity index (χ4n) is 6.60. The van der Waals surface area contributed by atoms with Crippen molar-refractivity contribution < 1.29 is 65.9 Å². The Labute approximate surface area is 238 Å². The molecule has 6 N–H and O–H groups in total. The number of carbonyl (C=O) groups excluding carboxylic acids is 3. The third kappa shape index (κ3) is 3.94. The standard InChI is InChI=1S/C26H31N3O7.U/c1-28(2)19-14-11-13-10-12-6-7-15(29-8-4-3-5-9-29)20(30)16(12)21(31)17(13)23(33)26(14,36)24(34)18(22(19)32)25(27)35;/h6-7,13-14,19,30-31,34,36H,3-5,8-11H2,1-2H3,(H2,27,35);/t13-,14-,19-,26-;/m0./s1. The van der Waals surface area contributed by atoms with E-state index in [-0.39, 0.29) is 54.4 Å². The number of piperidine rings is 1. The van der Waals surface area contributed by atoms with E-state index in [0.29, 0.717) is 17.7 Å². The van der Waals surface area contributed by atoms with Crippen LogP contribution in [-0.4, -0.2) is 81.6 Å². The van der Waals surface area contributed by atoms with Crippen LogP contribution in [0.3, 0.4) is 0 Å². The molecular formula is C26H31N3O7U. The third-order valence-corrected chi connectivity index (χ3v) is 8.27. The van der Waals surface area contributed by atoms with E-state index in [2.05, 4.69) is 0 Å². The van der Waals surface area contributed by atoms with Crippen molar-refractivity contribution in [2.24, 2.45) is 17.6 Å². The monoisotopic (exact) mass is 735 g/mol. The van der Waals surface area contributed by atoms with E-state index >= 15 is 0 Å². The number of primary amides is 1. The smallest absolute Gasteiger partial charge is 0.255 e. The number of Topliss-reactive ketones (excluding diaryl/α,β-unsaturated/α-hetero) is 2. The number of phenolic OH excluding ortho intramolecular Hbond substituents is 1. The van der Waals surface area contributed by atoms with E-state index in [4.69, 9.17) is 5.73 Å². The van der Waals surface area contributed by atoms with Gasteiger partial charge in [0, 0.05) is 55.7 Å². The molecule has 0 radical (unpaired) electrons. The first-order valence-electron chi connectivity index (χ1n) is 12.2. The van der Waals surface area contributed by atoms with Gasteiger partial charge >= 0.3 is 0 Å². The van der Waals surface area contributed by atoms with Gasteiger partial charge in [-0.1, -0.05) is 6.07 Å². The summed E-state index contributed by atoms with van der Waals surface area (Å²) in [5, 5.41) is 45.0. The second-order valence-electron chi connectivity index (χ2n) is 10.5. The number of hydrogen-bond acceptors (Lipinski definition) is 9. The zero-order chi connectivity index (χ0) is 26.1. The molecule has 37 heavy (non-hydrogen) atoms. The number of aromatic hydroxyl groups is 1. The molecule has 1 saturated carbocycles. The molecule has 196 valence electrons. The van der Waals surface area contributed by atoms with Crippen LogP contribution in [0.2, 0.25) is 0 Å². The summed E-state index contributed by atoms with van der Waals surface area (Å²) < 4.78 is 0. The van der Waals surface area contributed by atoms with Crippen molar-refractivity contribution in [1.29, 1.82) is 0 Å². The molecule has 10 nitrogen and oxygen atoms in total. The molecule has 0 unspecified atom stereocenters. The van der Waals surface area contributed by atoms with Gasteiger partial charge in [0.25, 0.3) is 5.91 Å². The SMILES string of the molecule is CN(C)[C@@H]1C(=O)C(C(N)=O)=C(O)[C@@]2(O)C(=O)C3=C(O)c4c(ccc(N5CCCCC5)c4O)C[C@H]3C[C@@H]12.[U]. The van der Waals surface area contributed by atoms with Crippen molar-refractivity contribution in [3.05, 3.63) is 40.2 Å². The summed E-state index contributed by atoms with van der Waals surface area (Å²) in [5.41, 5.74) is 3.13. The number of carbonyl (C=O) groups is 3. The predicted octanol–water partition coefficient (Wildman–Crippen LogP) is 0.954. The molecule has 11 heteroatoms.